The Bertz CT molecular complexity index is 1970. The largest absolute Gasteiger partial charge is 0.494 e. The van der Waals surface area contributed by atoms with Crippen molar-refractivity contribution in [2.24, 2.45) is 7.05 Å². The summed E-state index contributed by atoms with van der Waals surface area (Å²) in [7, 11) is 2.99. The number of aryl methyl sites for hydroxylation is 1. The molecule has 6 rings (SSSR count). The maximum atomic E-state index is 13.5. The van der Waals surface area contributed by atoms with Crippen LogP contribution in [0.15, 0.2) is 59.7 Å². The second-order valence-electron chi connectivity index (χ2n) is 12.5. The van der Waals surface area contributed by atoms with E-state index in [1.165, 1.54) is 0 Å². The maximum Gasteiger partial charge on any atom is 0.229 e. The van der Waals surface area contributed by atoms with Crippen LogP contribution >= 0.6 is 23.1 Å². The van der Waals surface area contributed by atoms with Gasteiger partial charge in [0.1, 0.15) is 24.2 Å². The highest BCUT2D eigenvalue weighted by molar-refractivity contribution is 9.10. The molecule has 4 heterocycles. The monoisotopic (exact) mass is 704 g/mol. The average molecular weight is 706 g/mol. The molecule has 12 nitrogen and oxygen atoms in total. The number of fused-ring (bicyclic) bond motifs is 1. The minimum absolute atomic E-state index is 0.00402. The zero-order valence-corrected chi connectivity index (χ0v) is 29.5. The third kappa shape index (κ3) is 6.31. The molecule has 3 aromatic heterocycles. The van der Waals surface area contributed by atoms with Gasteiger partial charge in [0, 0.05) is 79.9 Å². The van der Waals surface area contributed by atoms with E-state index >= 15 is 0 Å². The molecule has 0 radical (unpaired) electrons. The number of methoxy groups -OCH3 is 1. The molecule has 14 heteroatoms. The van der Waals surface area contributed by atoms with E-state index in [0.717, 1.165) is 36.4 Å². The molecule has 2 N–H and O–H groups in total. The molecule has 240 valence electrons. The molecule has 0 amide bonds. The van der Waals surface area contributed by atoms with Crippen molar-refractivity contribution >= 4 is 68.2 Å². The van der Waals surface area contributed by atoms with Crippen LogP contribution in [-0.2, 0) is 11.6 Å². The van der Waals surface area contributed by atoms with Crippen LogP contribution in [0, 0.1) is 0 Å². The number of nitrogens with zero attached hydrogens (tertiary/aromatic N) is 8. The van der Waals surface area contributed by atoms with Gasteiger partial charge in [-0.1, -0.05) is 0 Å². The van der Waals surface area contributed by atoms with E-state index < -0.39 is 7.14 Å². The fraction of sp³-hybridized carbons (Fsp3) is 0.344. The number of aromatic nitrogens is 6. The summed E-state index contributed by atoms with van der Waals surface area (Å²) >= 11 is 3.58. The lowest BCUT2D eigenvalue weighted by Gasteiger charge is -2.46. The minimum Gasteiger partial charge on any atom is -0.494 e. The summed E-state index contributed by atoms with van der Waals surface area (Å²) in [5, 5.41) is 11.8. The van der Waals surface area contributed by atoms with E-state index in [-0.39, 0.29) is 5.54 Å². The summed E-state index contributed by atoms with van der Waals surface area (Å²) in [5.74, 6) is 1.51. The summed E-state index contributed by atoms with van der Waals surface area (Å²) in [6, 6.07) is 7.85. The van der Waals surface area contributed by atoms with Crippen molar-refractivity contribution in [1.29, 1.82) is 0 Å². The first-order valence-electron chi connectivity index (χ1n) is 14.9. The van der Waals surface area contributed by atoms with Gasteiger partial charge in [-0.25, -0.2) is 4.98 Å². The number of rotatable bonds is 8. The van der Waals surface area contributed by atoms with Crippen molar-refractivity contribution in [2.75, 3.05) is 62.7 Å². The third-order valence-electron chi connectivity index (χ3n) is 8.39. The molecule has 46 heavy (non-hydrogen) atoms. The molecule has 0 spiro atoms. The van der Waals surface area contributed by atoms with Gasteiger partial charge in [-0.15, -0.1) is 0 Å². The molecule has 0 unspecified atom stereocenters. The quantitative estimate of drug-likeness (QED) is 0.189. The van der Waals surface area contributed by atoms with Gasteiger partial charge in [0.15, 0.2) is 0 Å². The molecule has 0 aliphatic carbocycles. The van der Waals surface area contributed by atoms with Crippen molar-refractivity contribution in [3.63, 3.8) is 0 Å². The zero-order valence-electron chi connectivity index (χ0n) is 27.0. The zero-order chi connectivity index (χ0) is 32.8. The number of hydrogen-bond acceptors (Lipinski definition) is 11. The Morgan fingerprint density at radius 3 is 2.48 bits per heavy atom. The van der Waals surface area contributed by atoms with Crippen molar-refractivity contribution < 1.29 is 9.30 Å². The second-order valence-corrected chi connectivity index (χ2v) is 16.5. The topological polar surface area (TPSA) is 126 Å². The molecule has 1 aliphatic rings. The Morgan fingerprint density at radius 1 is 1.00 bits per heavy atom. The molecule has 5 aromatic rings. The van der Waals surface area contributed by atoms with E-state index in [0.29, 0.717) is 49.7 Å². The van der Waals surface area contributed by atoms with Gasteiger partial charge < -0.3 is 24.8 Å². The molecule has 0 saturated carbocycles. The normalized spacial score (nSPS) is 15.3. The first kappa shape index (κ1) is 31.9. The van der Waals surface area contributed by atoms with E-state index in [1.807, 2.05) is 31.6 Å². The maximum absolute atomic E-state index is 13.5. The van der Waals surface area contributed by atoms with Crippen LogP contribution in [0.25, 0.3) is 22.2 Å². The van der Waals surface area contributed by atoms with Crippen LogP contribution in [0.3, 0.4) is 0 Å². The number of piperazine rings is 1. The molecular formula is C32H38BrN10O2P. The van der Waals surface area contributed by atoms with Crippen LogP contribution in [0.4, 0.5) is 28.8 Å². The number of likely N-dealkylation sites (N-methyl/N-ethyl adjacent to an activating group) is 1. The van der Waals surface area contributed by atoms with Crippen LogP contribution in [-0.4, -0.2) is 87.3 Å². The second kappa shape index (κ2) is 12.3. The van der Waals surface area contributed by atoms with Gasteiger partial charge in [0.25, 0.3) is 0 Å². The SMILES string of the molecule is COc1cc(N2CCN(C)C(C)(C)C2)c(-c2cnn(C)c2)cc1Nc1ncc(Br)c(Nc2ccc3nccnc3c2P(C)(C)=O)n1. The number of benzene rings is 2. The number of anilines is 5. The lowest BCUT2D eigenvalue weighted by Crippen LogP contribution is -2.57. The first-order valence-corrected chi connectivity index (χ1v) is 18.3. The summed E-state index contributed by atoms with van der Waals surface area (Å²) in [6.45, 7) is 10.7. The Kier molecular flexibility index (Phi) is 8.51. The molecule has 0 bridgehead atoms. The Balaban J connectivity index is 1.38. The van der Waals surface area contributed by atoms with Crippen LogP contribution in [0.5, 0.6) is 5.75 Å². The summed E-state index contributed by atoms with van der Waals surface area (Å²) in [5.41, 5.74) is 5.72. The summed E-state index contributed by atoms with van der Waals surface area (Å²) in [4.78, 5) is 23.0. The smallest absolute Gasteiger partial charge is 0.229 e. The fourth-order valence-corrected chi connectivity index (χ4v) is 7.45. The molecule has 1 fully saturated rings. The first-order chi connectivity index (χ1) is 21.8. The molecule has 2 aromatic carbocycles. The van der Waals surface area contributed by atoms with Crippen molar-refractivity contribution in [3.8, 4) is 16.9 Å². The standard InChI is InChI=1S/C32H38BrN10O2P/c1-32(2)19-43(13-12-41(32)3)26-15-27(45-5)25(14-21(26)20-16-37-42(4)18-20)39-31-36-17-22(33)30(40-31)38-24-9-8-23-28(35-11-10-34-23)29(24)46(6,7)44/h8-11,14-18H,12-13,19H2,1-7H3,(H2,36,38,39,40). The van der Waals surface area contributed by atoms with Crippen molar-refractivity contribution in [3.05, 3.63) is 59.7 Å². The Labute approximate surface area is 277 Å². The van der Waals surface area contributed by atoms with Gasteiger partial charge in [-0.3, -0.25) is 19.5 Å². The Morgan fingerprint density at radius 2 is 1.78 bits per heavy atom. The van der Waals surface area contributed by atoms with Crippen LogP contribution < -0.4 is 25.6 Å². The lowest BCUT2D eigenvalue weighted by atomic mass is 9.97. The number of nitrogens with one attached hydrogen (secondary N) is 2. The number of hydrogen-bond donors (Lipinski definition) is 2. The van der Waals surface area contributed by atoms with Crippen LogP contribution in [0.2, 0.25) is 0 Å². The van der Waals surface area contributed by atoms with E-state index in [9.17, 15) is 4.57 Å². The molecule has 0 atom stereocenters. The predicted octanol–water partition coefficient (Wildman–Crippen LogP) is 5.86. The lowest BCUT2D eigenvalue weighted by molar-refractivity contribution is 0.139. The summed E-state index contributed by atoms with van der Waals surface area (Å²) in [6.07, 6.45) is 8.79. The van der Waals surface area contributed by atoms with E-state index in [2.05, 4.69) is 89.4 Å². The highest BCUT2D eigenvalue weighted by Crippen LogP contribution is 2.43. The summed E-state index contributed by atoms with van der Waals surface area (Å²) < 4.78 is 21.8. The predicted molar refractivity (Wildman–Crippen MR) is 189 cm³/mol. The highest BCUT2D eigenvalue weighted by atomic mass is 79.9. The highest BCUT2D eigenvalue weighted by Gasteiger charge is 2.33. The van der Waals surface area contributed by atoms with Crippen molar-refractivity contribution in [1.82, 2.24) is 34.6 Å². The van der Waals surface area contributed by atoms with Gasteiger partial charge >= 0.3 is 0 Å². The van der Waals surface area contributed by atoms with E-state index in [4.69, 9.17) is 9.72 Å². The molecule has 1 saturated heterocycles. The minimum atomic E-state index is -2.76. The van der Waals surface area contributed by atoms with Crippen molar-refractivity contribution in [2.45, 2.75) is 19.4 Å². The Hall–Kier alpha value is -4.06. The van der Waals surface area contributed by atoms with Gasteiger partial charge in [-0.2, -0.15) is 10.1 Å². The van der Waals surface area contributed by atoms with Gasteiger partial charge in [-0.05, 0) is 68.4 Å². The van der Waals surface area contributed by atoms with Gasteiger partial charge in [0.2, 0.25) is 5.95 Å². The molecular weight excluding hydrogens is 667 g/mol. The number of halogens is 1. The number of ether oxygens (including phenoxy) is 1. The van der Waals surface area contributed by atoms with Gasteiger partial charge in [0.05, 0.1) is 40.0 Å². The van der Waals surface area contributed by atoms with E-state index in [1.54, 1.807) is 43.7 Å². The molecule has 1 aliphatic heterocycles. The third-order valence-corrected chi connectivity index (χ3v) is 10.5. The fourth-order valence-electron chi connectivity index (χ4n) is 5.77. The van der Waals surface area contributed by atoms with Crippen LogP contribution in [0.1, 0.15) is 13.8 Å². The average Bonchev–Trinajstić information content (AvgIpc) is 3.45.